The third kappa shape index (κ3) is 2.31. The maximum atomic E-state index is 11.4. The zero-order valence-corrected chi connectivity index (χ0v) is 9.54. The summed E-state index contributed by atoms with van der Waals surface area (Å²) in [6.07, 6.45) is 3.45. The number of amides is 1. The first-order valence-electron chi connectivity index (χ1n) is 5.49. The van der Waals surface area contributed by atoms with Gasteiger partial charge in [-0.25, -0.2) is 10.5 Å². The summed E-state index contributed by atoms with van der Waals surface area (Å²) in [5, 5.41) is 14.7. The minimum Gasteiger partial charge on any atom is -0.357 e. The van der Waals surface area contributed by atoms with E-state index in [2.05, 4.69) is 5.10 Å². The summed E-state index contributed by atoms with van der Waals surface area (Å²) < 4.78 is 6.75. The molecule has 1 aromatic rings. The number of ether oxygens (including phenoxy) is 1. The molecule has 0 bridgehead atoms. The highest BCUT2D eigenvalue weighted by Gasteiger charge is 2.28. The standard InChI is InChI=1S/C9H13N5O4/c10-11-9(15)8-6(14(16)17)5-13(12-8)7-3-1-2-4-18-7/h5,7H,1-4,10H2,(H,11,15). The predicted octanol–water partition coefficient (Wildman–Crippen LogP) is 0.0939. The lowest BCUT2D eigenvalue weighted by molar-refractivity contribution is -0.385. The van der Waals surface area contributed by atoms with Crippen molar-refractivity contribution in [2.75, 3.05) is 6.61 Å². The van der Waals surface area contributed by atoms with Gasteiger partial charge < -0.3 is 4.74 Å². The van der Waals surface area contributed by atoms with Gasteiger partial charge in [-0.05, 0) is 19.3 Å². The molecule has 0 aromatic carbocycles. The fraction of sp³-hybridized carbons (Fsp3) is 0.556. The van der Waals surface area contributed by atoms with Gasteiger partial charge in [-0.2, -0.15) is 5.10 Å². The SMILES string of the molecule is NNC(=O)c1nn(C2CCCCO2)cc1[N+](=O)[O-]. The third-order valence-electron chi connectivity index (χ3n) is 2.71. The third-order valence-corrected chi connectivity index (χ3v) is 2.71. The maximum Gasteiger partial charge on any atom is 0.320 e. The van der Waals surface area contributed by atoms with E-state index >= 15 is 0 Å². The molecule has 1 unspecified atom stereocenters. The lowest BCUT2D eigenvalue weighted by Crippen LogP contribution is -2.31. The van der Waals surface area contributed by atoms with Crippen LogP contribution in [0.2, 0.25) is 0 Å². The minimum atomic E-state index is -0.795. The number of nitrogens with one attached hydrogen (secondary N) is 1. The van der Waals surface area contributed by atoms with Gasteiger partial charge in [0.05, 0.1) is 4.92 Å². The van der Waals surface area contributed by atoms with Crippen molar-refractivity contribution in [1.29, 1.82) is 0 Å². The number of hydrogen-bond donors (Lipinski definition) is 2. The molecular weight excluding hydrogens is 242 g/mol. The molecule has 9 heteroatoms. The Balaban J connectivity index is 2.32. The molecule has 1 aromatic heterocycles. The van der Waals surface area contributed by atoms with Gasteiger partial charge in [0.1, 0.15) is 12.4 Å². The number of nitrogen functional groups attached to an aromatic ring is 1. The van der Waals surface area contributed by atoms with Gasteiger partial charge in [0.2, 0.25) is 5.69 Å². The van der Waals surface area contributed by atoms with E-state index in [4.69, 9.17) is 10.6 Å². The Kier molecular flexibility index (Phi) is 3.53. The first kappa shape index (κ1) is 12.5. The van der Waals surface area contributed by atoms with E-state index in [-0.39, 0.29) is 17.6 Å². The zero-order chi connectivity index (χ0) is 13.1. The summed E-state index contributed by atoms with van der Waals surface area (Å²) in [6.45, 7) is 0.580. The Labute approximate surface area is 102 Å². The number of nitrogens with two attached hydrogens (primary N) is 1. The molecule has 98 valence electrons. The van der Waals surface area contributed by atoms with Gasteiger partial charge in [0.15, 0.2) is 0 Å². The van der Waals surface area contributed by atoms with Crippen LogP contribution in [0.3, 0.4) is 0 Å². The lowest BCUT2D eigenvalue weighted by Gasteiger charge is -2.22. The Morgan fingerprint density at radius 1 is 1.67 bits per heavy atom. The van der Waals surface area contributed by atoms with Crippen LogP contribution >= 0.6 is 0 Å². The summed E-state index contributed by atoms with van der Waals surface area (Å²) in [6, 6.07) is 0. The molecule has 1 amide bonds. The van der Waals surface area contributed by atoms with Crippen molar-refractivity contribution in [2.45, 2.75) is 25.5 Å². The van der Waals surface area contributed by atoms with E-state index in [0.29, 0.717) is 13.0 Å². The summed E-state index contributed by atoms with van der Waals surface area (Å²) in [5.74, 6) is 4.16. The summed E-state index contributed by atoms with van der Waals surface area (Å²) in [5.41, 5.74) is 1.14. The van der Waals surface area contributed by atoms with Crippen LogP contribution in [0, 0.1) is 10.1 Å². The fourth-order valence-electron chi connectivity index (χ4n) is 1.83. The zero-order valence-electron chi connectivity index (χ0n) is 9.54. The second-order valence-electron chi connectivity index (χ2n) is 3.89. The molecule has 0 aliphatic carbocycles. The highest BCUT2D eigenvalue weighted by atomic mass is 16.6. The Morgan fingerprint density at radius 2 is 2.44 bits per heavy atom. The lowest BCUT2D eigenvalue weighted by atomic mass is 10.2. The maximum absolute atomic E-state index is 11.4. The molecule has 3 N–H and O–H groups in total. The fourth-order valence-corrected chi connectivity index (χ4v) is 1.83. The van der Waals surface area contributed by atoms with E-state index in [1.165, 1.54) is 10.9 Å². The van der Waals surface area contributed by atoms with Crippen molar-refractivity contribution in [1.82, 2.24) is 15.2 Å². The topological polar surface area (TPSA) is 125 Å². The van der Waals surface area contributed by atoms with Crippen molar-refractivity contribution in [2.24, 2.45) is 5.84 Å². The molecule has 9 nitrogen and oxygen atoms in total. The first-order valence-corrected chi connectivity index (χ1v) is 5.49. The Bertz CT molecular complexity index is 466. The van der Waals surface area contributed by atoms with Gasteiger partial charge in [-0.15, -0.1) is 0 Å². The predicted molar refractivity (Wildman–Crippen MR) is 59.4 cm³/mol. The first-order chi connectivity index (χ1) is 8.63. The molecule has 1 atom stereocenters. The molecular formula is C9H13N5O4. The second kappa shape index (κ2) is 5.10. The van der Waals surface area contributed by atoms with E-state index < -0.39 is 10.8 Å². The largest absolute Gasteiger partial charge is 0.357 e. The van der Waals surface area contributed by atoms with Crippen LogP contribution in [0.4, 0.5) is 5.69 Å². The summed E-state index contributed by atoms with van der Waals surface area (Å²) >= 11 is 0. The molecule has 2 heterocycles. The minimum absolute atomic E-state index is 0.309. The van der Waals surface area contributed by atoms with Gasteiger partial charge in [0, 0.05) is 6.61 Å². The van der Waals surface area contributed by atoms with Crippen molar-refractivity contribution < 1.29 is 14.5 Å². The van der Waals surface area contributed by atoms with Crippen molar-refractivity contribution >= 4 is 11.6 Å². The monoisotopic (exact) mass is 255 g/mol. The van der Waals surface area contributed by atoms with E-state index in [1.54, 1.807) is 0 Å². The van der Waals surface area contributed by atoms with E-state index in [1.807, 2.05) is 5.43 Å². The van der Waals surface area contributed by atoms with Crippen LogP contribution < -0.4 is 11.3 Å². The summed E-state index contributed by atoms with van der Waals surface area (Å²) in [7, 11) is 0. The number of hydrogen-bond acceptors (Lipinski definition) is 6. The number of aromatic nitrogens is 2. The van der Waals surface area contributed by atoms with Crippen LogP contribution in [0.25, 0.3) is 0 Å². The molecule has 0 saturated carbocycles. The van der Waals surface area contributed by atoms with Crippen molar-refractivity contribution in [3.8, 4) is 0 Å². The number of nitro groups is 1. The smallest absolute Gasteiger partial charge is 0.320 e. The normalized spacial score (nSPS) is 19.5. The Morgan fingerprint density at radius 3 is 3.00 bits per heavy atom. The Hall–Kier alpha value is -2.00. The number of rotatable bonds is 3. The van der Waals surface area contributed by atoms with Gasteiger partial charge in [0.25, 0.3) is 5.91 Å². The molecule has 1 aliphatic heterocycles. The quantitative estimate of drug-likeness (QED) is 0.341. The second-order valence-corrected chi connectivity index (χ2v) is 3.89. The molecule has 1 fully saturated rings. The van der Waals surface area contributed by atoms with Crippen LogP contribution in [-0.2, 0) is 4.74 Å². The number of carbonyl (C=O) groups is 1. The van der Waals surface area contributed by atoms with Gasteiger partial charge in [-0.3, -0.25) is 20.3 Å². The highest BCUT2D eigenvalue weighted by Crippen LogP contribution is 2.25. The van der Waals surface area contributed by atoms with E-state index in [9.17, 15) is 14.9 Å². The van der Waals surface area contributed by atoms with Gasteiger partial charge >= 0.3 is 5.69 Å². The molecule has 1 aliphatic rings. The number of carbonyl (C=O) groups excluding carboxylic acids is 1. The molecule has 1 saturated heterocycles. The average molecular weight is 255 g/mol. The average Bonchev–Trinajstić information content (AvgIpc) is 2.84. The van der Waals surface area contributed by atoms with E-state index in [0.717, 1.165) is 12.8 Å². The molecule has 18 heavy (non-hydrogen) atoms. The van der Waals surface area contributed by atoms with Crippen LogP contribution in [0.1, 0.15) is 36.0 Å². The van der Waals surface area contributed by atoms with Crippen LogP contribution in [0.5, 0.6) is 0 Å². The highest BCUT2D eigenvalue weighted by molar-refractivity contribution is 5.95. The number of nitrogens with zero attached hydrogens (tertiary/aromatic N) is 3. The van der Waals surface area contributed by atoms with Crippen molar-refractivity contribution in [3.63, 3.8) is 0 Å². The van der Waals surface area contributed by atoms with Crippen molar-refractivity contribution in [3.05, 3.63) is 22.0 Å². The van der Waals surface area contributed by atoms with Gasteiger partial charge in [-0.1, -0.05) is 0 Å². The molecule has 0 spiro atoms. The number of hydrazine groups is 1. The molecule has 0 radical (unpaired) electrons. The summed E-state index contributed by atoms with van der Waals surface area (Å²) in [4.78, 5) is 21.5. The molecule has 2 rings (SSSR count). The van der Waals surface area contributed by atoms with Crippen LogP contribution in [0.15, 0.2) is 6.20 Å². The van der Waals surface area contributed by atoms with Crippen LogP contribution in [-0.4, -0.2) is 27.2 Å².